The summed E-state index contributed by atoms with van der Waals surface area (Å²) in [6.07, 6.45) is 1.74. The highest BCUT2D eigenvalue weighted by molar-refractivity contribution is 7.98. The Bertz CT molecular complexity index is 793. The first-order chi connectivity index (χ1) is 11.2. The highest BCUT2D eigenvalue weighted by Gasteiger charge is 2.16. The molecule has 120 valence electrons. The molecule has 2 heterocycles. The molecule has 2 aromatic heterocycles. The van der Waals surface area contributed by atoms with Crippen molar-refractivity contribution in [3.8, 4) is 5.69 Å². The Morgan fingerprint density at radius 2 is 1.96 bits per heavy atom. The fourth-order valence-corrected chi connectivity index (χ4v) is 3.28. The van der Waals surface area contributed by atoms with E-state index in [0.717, 1.165) is 34.6 Å². The molecule has 0 spiro atoms. The van der Waals surface area contributed by atoms with Gasteiger partial charge in [-0.15, -0.1) is 20.4 Å². The average molecular weight is 329 g/mol. The molecule has 23 heavy (non-hydrogen) atoms. The van der Waals surface area contributed by atoms with Crippen LogP contribution in [0.15, 0.2) is 35.7 Å². The van der Waals surface area contributed by atoms with Crippen molar-refractivity contribution >= 4 is 11.8 Å². The first kappa shape index (κ1) is 15.7. The Kier molecular flexibility index (Phi) is 4.73. The van der Waals surface area contributed by atoms with Gasteiger partial charge in [-0.2, -0.15) is 0 Å². The zero-order valence-electron chi connectivity index (χ0n) is 13.2. The molecule has 0 saturated carbocycles. The number of benzene rings is 1. The lowest BCUT2D eigenvalue weighted by Crippen LogP contribution is -2.09. The highest BCUT2D eigenvalue weighted by atomic mass is 32.2. The van der Waals surface area contributed by atoms with Crippen molar-refractivity contribution in [1.82, 2.24) is 29.5 Å². The molecule has 7 nitrogen and oxygen atoms in total. The van der Waals surface area contributed by atoms with Crippen LogP contribution >= 0.6 is 11.8 Å². The van der Waals surface area contributed by atoms with E-state index >= 15 is 0 Å². The summed E-state index contributed by atoms with van der Waals surface area (Å²) in [4.78, 5) is 0. The number of para-hydroxylation sites is 1. The second-order valence-corrected chi connectivity index (χ2v) is 5.99. The monoisotopic (exact) mass is 329 g/mol. The zero-order chi connectivity index (χ0) is 16.2. The predicted molar refractivity (Wildman–Crippen MR) is 89.2 cm³/mol. The summed E-state index contributed by atoms with van der Waals surface area (Å²) < 4.78 is 4.04. The first-order valence-corrected chi connectivity index (χ1v) is 8.43. The van der Waals surface area contributed by atoms with Crippen molar-refractivity contribution in [3.05, 3.63) is 47.8 Å². The Morgan fingerprint density at radius 1 is 1.13 bits per heavy atom. The predicted octanol–water partition coefficient (Wildman–Crippen LogP) is 1.94. The molecule has 0 aliphatic carbocycles. The molecule has 3 aromatic rings. The molecule has 0 bridgehead atoms. The fourth-order valence-electron chi connectivity index (χ4n) is 2.37. The summed E-state index contributed by atoms with van der Waals surface area (Å²) in [6.45, 7) is 5.33. The third-order valence-corrected chi connectivity index (χ3v) is 4.53. The molecule has 2 N–H and O–H groups in total. The van der Waals surface area contributed by atoms with Crippen molar-refractivity contribution < 1.29 is 0 Å². The molecule has 1 aromatic carbocycles. The smallest absolute Gasteiger partial charge is 0.196 e. The molecule has 3 rings (SSSR count). The van der Waals surface area contributed by atoms with Gasteiger partial charge in [-0.1, -0.05) is 30.0 Å². The van der Waals surface area contributed by atoms with Crippen LogP contribution in [0.1, 0.15) is 24.1 Å². The van der Waals surface area contributed by atoms with Crippen molar-refractivity contribution in [2.75, 3.05) is 0 Å². The van der Waals surface area contributed by atoms with Crippen LogP contribution in [0, 0.1) is 6.92 Å². The zero-order valence-corrected chi connectivity index (χ0v) is 14.0. The van der Waals surface area contributed by atoms with E-state index < -0.39 is 0 Å². The largest absolute Gasteiger partial charge is 0.324 e. The van der Waals surface area contributed by atoms with Crippen LogP contribution in [-0.2, 0) is 18.8 Å². The lowest BCUT2D eigenvalue weighted by Gasteiger charge is -2.11. The molecule has 0 fully saturated rings. The third-order valence-electron chi connectivity index (χ3n) is 3.61. The Morgan fingerprint density at radius 3 is 2.70 bits per heavy atom. The van der Waals surface area contributed by atoms with Crippen LogP contribution in [0.3, 0.4) is 0 Å². The quantitative estimate of drug-likeness (QED) is 0.695. The summed E-state index contributed by atoms with van der Waals surface area (Å²) in [5.74, 6) is 2.35. The number of aromatic nitrogens is 6. The molecule has 0 radical (unpaired) electrons. The lowest BCUT2D eigenvalue weighted by molar-refractivity contribution is 0.724. The minimum absolute atomic E-state index is 0.340. The van der Waals surface area contributed by atoms with Gasteiger partial charge in [-0.3, -0.25) is 4.57 Å². The Hall–Kier alpha value is -2.19. The van der Waals surface area contributed by atoms with Gasteiger partial charge < -0.3 is 10.3 Å². The number of aryl methyl sites for hydroxylation is 2. The minimum Gasteiger partial charge on any atom is -0.324 e. The van der Waals surface area contributed by atoms with Crippen LogP contribution < -0.4 is 5.73 Å². The van der Waals surface area contributed by atoms with Crippen LogP contribution in [-0.4, -0.2) is 29.5 Å². The van der Waals surface area contributed by atoms with E-state index in [9.17, 15) is 0 Å². The summed E-state index contributed by atoms with van der Waals surface area (Å²) in [7, 11) is 0. The normalized spacial score (nSPS) is 11.1. The highest BCUT2D eigenvalue weighted by Crippen LogP contribution is 2.26. The Balaban J connectivity index is 1.92. The van der Waals surface area contributed by atoms with Gasteiger partial charge in [0.2, 0.25) is 0 Å². The van der Waals surface area contributed by atoms with Crippen LogP contribution in [0.4, 0.5) is 0 Å². The van der Waals surface area contributed by atoms with Gasteiger partial charge in [0.15, 0.2) is 11.0 Å². The molecule has 0 aliphatic rings. The average Bonchev–Trinajstić information content (AvgIpc) is 3.19. The topological polar surface area (TPSA) is 87.4 Å². The second-order valence-electron chi connectivity index (χ2n) is 5.05. The van der Waals surface area contributed by atoms with Crippen LogP contribution in [0.25, 0.3) is 5.69 Å². The number of thioether (sulfide) groups is 1. The first-order valence-electron chi connectivity index (χ1n) is 7.44. The molecular formula is C15H19N7S. The van der Waals surface area contributed by atoms with Gasteiger partial charge in [0.05, 0.1) is 18.0 Å². The molecule has 0 aliphatic heterocycles. The van der Waals surface area contributed by atoms with Gasteiger partial charge in [0, 0.05) is 6.54 Å². The van der Waals surface area contributed by atoms with E-state index in [4.69, 9.17) is 5.73 Å². The van der Waals surface area contributed by atoms with Gasteiger partial charge >= 0.3 is 0 Å². The minimum atomic E-state index is 0.340. The lowest BCUT2D eigenvalue weighted by atomic mass is 10.2. The summed E-state index contributed by atoms with van der Waals surface area (Å²) in [5, 5.41) is 17.4. The van der Waals surface area contributed by atoms with Gasteiger partial charge in [-0.25, -0.2) is 0 Å². The van der Waals surface area contributed by atoms with E-state index in [2.05, 4.69) is 46.4 Å². The van der Waals surface area contributed by atoms with E-state index in [-0.39, 0.29) is 0 Å². The van der Waals surface area contributed by atoms with E-state index in [1.54, 1.807) is 18.1 Å². The molecule has 0 saturated heterocycles. The number of hydrogen-bond donors (Lipinski definition) is 1. The van der Waals surface area contributed by atoms with Gasteiger partial charge in [-0.05, 0) is 25.5 Å². The number of hydrogen-bond acceptors (Lipinski definition) is 6. The van der Waals surface area contributed by atoms with Crippen molar-refractivity contribution in [2.24, 2.45) is 5.73 Å². The maximum atomic E-state index is 5.83. The number of rotatable bonds is 6. The standard InChI is InChI=1S/C15H19N7S/c1-3-21-10-17-18-14(21)9-23-15-20-19-13(8-16)22(15)12-7-5-4-6-11(12)2/h4-7,10H,3,8-9,16H2,1-2H3. The van der Waals surface area contributed by atoms with Crippen LogP contribution in [0.2, 0.25) is 0 Å². The van der Waals surface area contributed by atoms with Gasteiger partial charge in [0.25, 0.3) is 0 Å². The SMILES string of the molecule is CCn1cnnc1CSc1nnc(CN)n1-c1ccccc1C. The van der Waals surface area contributed by atoms with E-state index in [1.807, 2.05) is 21.3 Å². The molecule has 0 amide bonds. The number of nitrogens with two attached hydrogens (primary N) is 1. The maximum absolute atomic E-state index is 5.83. The fraction of sp³-hybridized carbons (Fsp3) is 0.333. The van der Waals surface area contributed by atoms with Crippen LogP contribution in [0.5, 0.6) is 0 Å². The number of nitrogens with zero attached hydrogens (tertiary/aromatic N) is 6. The summed E-state index contributed by atoms with van der Waals surface area (Å²) in [6, 6.07) is 8.14. The Labute approximate surface area is 138 Å². The molecule has 8 heteroatoms. The maximum Gasteiger partial charge on any atom is 0.196 e. The van der Waals surface area contributed by atoms with Gasteiger partial charge in [0.1, 0.15) is 12.2 Å². The van der Waals surface area contributed by atoms with Crippen molar-refractivity contribution in [2.45, 2.75) is 37.8 Å². The van der Waals surface area contributed by atoms with Crippen molar-refractivity contribution in [1.29, 1.82) is 0 Å². The van der Waals surface area contributed by atoms with E-state index in [1.165, 1.54) is 0 Å². The summed E-state index contributed by atoms with van der Waals surface area (Å²) >= 11 is 1.58. The molecule has 0 unspecified atom stereocenters. The van der Waals surface area contributed by atoms with E-state index in [0.29, 0.717) is 12.3 Å². The van der Waals surface area contributed by atoms with Crippen molar-refractivity contribution in [3.63, 3.8) is 0 Å². The third kappa shape index (κ3) is 3.13. The summed E-state index contributed by atoms with van der Waals surface area (Å²) in [5.41, 5.74) is 8.04. The second kappa shape index (κ2) is 6.93. The molecular weight excluding hydrogens is 310 g/mol. The molecule has 0 atom stereocenters.